The predicted molar refractivity (Wildman–Crippen MR) is 102 cm³/mol. The summed E-state index contributed by atoms with van der Waals surface area (Å²) < 4.78 is 5.11. The van der Waals surface area contributed by atoms with Gasteiger partial charge in [0.15, 0.2) is 0 Å². The van der Waals surface area contributed by atoms with E-state index >= 15 is 0 Å². The van der Waals surface area contributed by atoms with Crippen LogP contribution < -0.4 is 10.6 Å². The largest absolute Gasteiger partial charge is 0.465 e. The van der Waals surface area contributed by atoms with E-state index in [0.717, 1.165) is 0 Å². The Morgan fingerprint density at radius 3 is 2.46 bits per heavy atom. The average molecular weight is 367 g/mol. The van der Waals surface area contributed by atoms with Gasteiger partial charge in [-0.2, -0.15) is 0 Å². The van der Waals surface area contributed by atoms with Crippen molar-refractivity contribution in [2.24, 2.45) is 0 Å². The molecule has 5 nitrogen and oxygen atoms in total. The molecule has 0 atom stereocenters. The molecular weight excluding hydrogens is 352 g/mol. The second kappa shape index (κ2) is 8.18. The van der Waals surface area contributed by atoms with Gasteiger partial charge in [-0.05, 0) is 48.5 Å². The van der Waals surface area contributed by atoms with Crippen molar-refractivity contribution in [2.75, 3.05) is 10.6 Å². The van der Waals surface area contributed by atoms with Crippen molar-refractivity contribution < 1.29 is 14.0 Å². The van der Waals surface area contributed by atoms with Crippen molar-refractivity contribution in [3.8, 4) is 0 Å². The highest BCUT2D eigenvalue weighted by atomic mass is 35.5. The maximum absolute atomic E-state index is 12.2. The van der Waals surface area contributed by atoms with E-state index in [1.165, 1.54) is 12.3 Å². The lowest BCUT2D eigenvalue weighted by Gasteiger charge is -2.09. The summed E-state index contributed by atoms with van der Waals surface area (Å²) in [7, 11) is 0. The summed E-state index contributed by atoms with van der Waals surface area (Å²) in [6.45, 7) is 0. The number of amides is 2. The normalized spacial score (nSPS) is 10.7. The first-order valence-electron chi connectivity index (χ1n) is 7.80. The van der Waals surface area contributed by atoms with Crippen LogP contribution in [0, 0.1) is 0 Å². The lowest BCUT2D eigenvalue weighted by molar-refractivity contribution is -0.111. The predicted octanol–water partition coefficient (Wildman–Crippen LogP) is 4.84. The number of hydrogen-bond acceptors (Lipinski definition) is 3. The topological polar surface area (TPSA) is 71.3 Å². The van der Waals surface area contributed by atoms with Gasteiger partial charge in [-0.15, -0.1) is 0 Å². The van der Waals surface area contributed by atoms with Gasteiger partial charge in [0, 0.05) is 17.3 Å². The molecule has 26 heavy (non-hydrogen) atoms. The molecule has 3 rings (SSSR count). The first kappa shape index (κ1) is 17.5. The molecule has 2 aromatic carbocycles. The first-order chi connectivity index (χ1) is 12.6. The van der Waals surface area contributed by atoms with Crippen molar-refractivity contribution in [1.82, 2.24) is 0 Å². The molecule has 0 fully saturated rings. The van der Waals surface area contributed by atoms with Crippen molar-refractivity contribution >= 4 is 40.9 Å². The van der Waals surface area contributed by atoms with Gasteiger partial charge in [0.2, 0.25) is 5.91 Å². The van der Waals surface area contributed by atoms with E-state index in [4.69, 9.17) is 16.0 Å². The minimum absolute atomic E-state index is 0.259. The van der Waals surface area contributed by atoms with E-state index in [2.05, 4.69) is 10.6 Å². The molecule has 1 aromatic heterocycles. The Morgan fingerprint density at radius 1 is 0.962 bits per heavy atom. The summed E-state index contributed by atoms with van der Waals surface area (Å²) in [6.07, 6.45) is 4.45. The molecule has 0 aliphatic rings. The third-order valence-corrected chi connectivity index (χ3v) is 3.78. The second-order valence-corrected chi connectivity index (χ2v) is 5.76. The molecule has 6 heteroatoms. The maximum Gasteiger partial charge on any atom is 0.255 e. The summed E-state index contributed by atoms with van der Waals surface area (Å²) in [4.78, 5) is 24.1. The highest BCUT2D eigenvalue weighted by molar-refractivity contribution is 6.34. The van der Waals surface area contributed by atoms with Crippen LogP contribution in [0.25, 0.3) is 6.08 Å². The molecule has 2 amide bonds. The number of rotatable bonds is 5. The number of nitrogens with one attached hydrogen (secondary N) is 2. The van der Waals surface area contributed by atoms with E-state index in [0.29, 0.717) is 27.7 Å². The van der Waals surface area contributed by atoms with E-state index < -0.39 is 0 Å². The number of hydrogen-bond donors (Lipinski definition) is 2. The summed E-state index contributed by atoms with van der Waals surface area (Å²) in [6, 6.07) is 17.2. The van der Waals surface area contributed by atoms with Crippen molar-refractivity contribution in [1.29, 1.82) is 0 Å². The van der Waals surface area contributed by atoms with E-state index in [-0.39, 0.29) is 11.8 Å². The van der Waals surface area contributed by atoms with Gasteiger partial charge in [-0.1, -0.05) is 29.8 Å². The van der Waals surface area contributed by atoms with Crippen LogP contribution in [0.2, 0.25) is 5.02 Å². The fraction of sp³-hybridized carbons (Fsp3) is 0. The lowest BCUT2D eigenvalue weighted by atomic mass is 10.2. The SMILES string of the molecule is O=C(/C=C/c1ccco1)Nc1ccc(NC(=O)c2ccccc2)c(Cl)c1. The molecule has 0 radical (unpaired) electrons. The first-order valence-corrected chi connectivity index (χ1v) is 8.18. The Balaban J connectivity index is 1.64. The summed E-state index contributed by atoms with van der Waals surface area (Å²) in [5.74, 6) is 0.00126. The zero-order valence-electron chi connectivity index (χ0n) is 13.6. The number of halogens is 1. The van der Waals surface area contributed by atoms with Crippen LogP contribution in [0.15, 0.2) is 77.4 Å². The second-order valence-electron chi connectivity index (χ2n) is 5.35. The molecular formula is C20H15ClN2O3. The molecule has 0 spiro atoms. The molecule has 0 saturated heterocycles. The summed E-state index contributed by atoms with van der Waals surface area (Å²) in [5, 5.41) is 5.75. The number of carbonyl (C=O) groups is 2. The fourth-order valence-electron chi connectivity index (χ4n) is 2.21. The van der Waals surface area contributed by atoms with Crippen molar-refractivity contribution in [2.45, 2.75) is 0 Å². The minimum Gasteiger partial charge on any atom is -0.465 e. The van der Waals surface area contributed by atoms with Crippen LogP contribution in [0.5, 0.6) is 0 Å². The van der Waals surface area contributed by atoms with Crippen molar-refractivity contribution in [3.63, 3.8) is 0 Å². The zero-order valence-corrected chi connectivity index (χ0v) is 14.4. The Labute approximate surface area is 155 Å². The van der Waals surface area contributed by atoms with E-state index in [9.17, 15) is 9.59 Å². The molecule has 0 saturated carbocycles. The molecule has 1 heterocycles. The Hall–Kier alpha value is -3.31. The molecule has 130 valence electrons. The van der Waals surface area contributed by atoms with Crippen LogP contribution in [-0.2, 0) is 4.79 Å². The van der Waals surface area contributed by atoms with Crippen LogP contribution in [-0.4, -0.2) is 11.8 Å². The Bertz CT molecular complexity index is 935. The molecule has 3 aromatic rings. The van der Waals surface area contributed by atoms with E-state index in [1.54, 1.807) is 60.7 Å². The number of anilines is 2. The van der Waals surface area contributed by atoms with Gasteiger partial charge >= 0.3 is 0 Å². The van der Waals surface area contributed by atoms with Gasteiger partial charge in [-0.25, -0.2) is 0 Å². The Kier molecular flexibility index (Phi) is 5.51. The van der Waals surface area contributed by atoms with Crippen molar-refractivity contribution in [3.05, 3.63) is 89.3 Å². The minimum atomic E-state index is -0.321. The summed E-state index contributed by atoms with van der Waals surface area (Å²) in [5.41, 5.74) is 1.51. The standard InChI is InChI=1S/C20H15ClN2O3/c21-17-13-15(22-19(24)11-9-16-7-4-12-26-16)8-10-18(17)23-20(25)14-5-2-1-3-6-14/h1-13H,(H,22,24)(H,23,25)/b11-9+. The maximum atomic E-state index is 12.2. The van der Waals surface area contributed by atoms with Gasteiger partial charge in [0.25, 0.3) is 5.91 Å². The van der Waals surface area contributed by atoms with Gasteiger partial charge in [0.1, 0.15) is 5.76 Å². The van der Waals surface area contributed by atoms with Gasteiger partial charge in [-0.3, -0.25) is 9.59 Å². The smallest absolute Gasteiger partial charge is 0.255 e. The molecule has 2 N–H and O–H groups in total. The van der Waals surface area contributed by atoms with Crippen LogP contribution in [0.3, 0.4) is 0 Å². The zero-order chi connectivity index (χ0) is 18.4. The monoisotopic (exact) mass is 366 g/mol. The van der Waals surface area contributed by atoms with Crippen LogP contribution >= 0.6 is 11.6 Å². The highest BCUT2D eigenvalue weighted by Gasteiger charge is 2.09. The molecule has 0 bridgehead atoms. The van der Waals surface area contributed by atoms with Gasteiger partial charge < -0.3 is 15.1 Å². The third kappa shape index (κ3) is 4.62. The Morgan fingerprint density at radius 2 is 1.77 bits per heavy atom. The third-order valence-electron chi connectivity index (χ3n) is 3.46. The highest BCUT2D eigenvalue weighted by Crippen LogP contribution is 2.26. The molecule has 0 aliphatic heterocycles. The average Bonchev–Trinajstić information content (AvgIpc) is 3.16. The summed E-state index contributed by atoms with van der Waals surface area (Å²) >= 11 is 6.20. The fourth-order valence-corrected chi connectivity index (χ4v) is 2.43. The number of benzene rings is 2. The lowest BCUT2D eigenvalue weighted by Crippen LogP contribution is -2.12. The van der Waals surface area contributed by atoms with E-state index in [1.807, 2.05) is 6.07 Å². The number of furan rings is 1. The molecule has 0 unspecified atom stereocenters. The number of carbonyl (C=O) groups excluding carboxylic acids is 2. The molecule has 0 aliphatic carbocycles. The van der Waals surface area contributed by atoms with Crippen LogP contribution in [0.4, 0.5) is 11.4 Å². The van der Waals surface area contributed by atoms with Crippen LogP contribution in [0.1, 0.15) is 16.1 Å². The quantitative estimate of drug-likeness (QED) is 0.635. The van der Waals surface area contributed by atoms with Gasteiger partial charge in [0.05, 0.1) is 17.0 Å².